The van der Waals surface area contributed by atoms with Crippen LogP contribution < -0.4 is 5.32 Å². The van der Waals surface area contributed by atoms with Crippen molar-refractivity contribution < 1.29 is 4.74 Å². The zero-order valence-corrected chi connectivity index (χ0v) is 12.7. The fourth-order valence-corrected chi connectivity index (χ4v) is 2.23. The Kier molecular flexibility index (Phi) is 8.52. The number of rotatable bonds is 10. The van der Waals surface area contributed by atoms with Crippen LogP contribution >= 0.6 is 0 Å². The van der Waals surface area contributed by atoms with Gasteiger partial charge in [-0.3, -0.25) is 0 Å². The standard InChI is InChI=1S/C17H29NO/c1-4-19-12-8-11-17(14-18-13-15(2)3)16-9-6-5-7-10-16/h5-7,9-10,15,17-18H,4,8,11-14H2,1-3H3. The van der Waals surface area contributed by atoms with Crippen LogP contribution in [0.2, 0.25) is 0 Å². The van der Waals surface area contributed by atoms with E-state index in [0.717, 1.165) is 32.7 Å². The van der Waals surface area contributed by atoms with E-state index >= 15 is 0 Å². The molecule has 0 saturated carbocycles. The van der Waals surface area contributed by atoms with Crippen molar-refractivity contribution in [2.75, 3.05) is 26.3 Å². The number of ether oxygens (including phenoxy) is 1. The van der Waals surface area contributed by atoms with Crippen LogP contribution in [-0.4, -0.2) is 26.3 Å². The van der Waals surface area contributed by atoms with Crippen LogP contribution in [0.1, 0.15) is 45.1 Å². The molecule has 1 rings (SSSR count). The maximum atomic E-state index is 5.44. The summed E-state index contributed by atoms with van der Waals surface area (Å²) in [4.78, 5) is 0. The lowest BCUT2D eigenvalue weighted by atomic mass is 9.94. The smallest absolute Gasteiger partial charge is 0.0466 e. The monoisotopic (exact) mass is 263 g/mol. The summed E-state index contributed by atoms with van der Waals surface area (Å²) in [5, 5.41) is 3.58. The van der Waals surface area contributed by atoms with E-state index in [0.29, 0.717) is 11.8 Å². The van der Waals surface area contributed by atoms with E-state index in [4.69, 9.17) is 4.74 Å². The van der Waals surface area contributed by atoms with Crippen LogP contribution in [0, 0.1) is 5.92 Å². The van der Waals surface area contributed by atoms with Gasteiger partial charge in [-0.05, 0) is 43.7 Å². The SMILES string of the molecule is CCOCCCC(CNCC(C)C)c1ccccc1. The number of hydrogen-bond acceptors (Lipinski definition) is 2. The molecular weight excluding hydrogens is 234 g/mol. The molecule has 0 bridgehead atoms. The second kappa shape index (κ2) is 9.99. The maximum Gasteiger partial charge on any atom is 0.0466 e. The maximum absolute atomic E-state index is 5.44. The first kappa shape index (κ1) is 16.2. The normalized spacial score (nSPS) is 12.8. The van der Waals surface area contributed by atoms with Crippen LogP contribution in [0.5, 0.6) is 0 Å². The first-order valence-electron chi connectivity index (χ1n) is 7.57. The van der Waals surface area contributed by atoms with Crippen LogP contribution in [0.25, 0.3) is 0 Å². The Balaban J connectivity index is 2.43. The van der Waals surface area contributed by atoms with Gasteiger partial charge in [0, 0.05) is 19.8 Å². The highest BCUT2D eigenvalue weighted by Crippen LogP contribution is 2.20. The molecular formula is C17H29NO. The summed E-state index contributed by atoms with van der Waals surface area (Å²) in [6.07, 6.45) is 2.33. The molecule has 19 heavy (non-hydrogen) atoms. The number of nitrogens with one attached hydrogen (secondary N) is 1. The molecule has 0 amide bonds. The largest absolute Gasteiger partial charge is 0.382 e. The van der Waals surface area contributed by atoms with Crippen molar-refractivity contribution in [1.29, 1.82) is 0 Å². The van der Waals surface area contributed by atoms with Crippen molar-refractivity contribution in [3.63, 3.8) is 0 Å². The first-order valence-corrected chi connectivity index (χ1v) is 7.57. The average molecular weight is 263 g/mol. The summed E-state index contributed by atoms with van der Waals surface area (Å²) < 4.78 is 5.44. The third-order valence-corrected chi connectivity index (χ3v) is 3.26. The zero-order chi connectivity index (χ0) is 13.9. The highest BCUT2D eigenvalue weighted by Gasteiger charge is 2.10. The van der Waals surface area contributed by atoms with E-state index in [9.17, 15) is 0 Å². The summed E-state index contributed by atoms with van der Waals surface area (Å²) in [6, 6.07) is 10.8. The average Bonchev–Trinajstić information content (AvgIpc) is 2.42. The summed E-state index contributed by atoms with van der Waals surface area (Å²) in [5.74, 6) is 1.31. The molecule has 0 aliphatic heterocycles. The zero-order valence-electron chi connectivity index (χ0n) is 12.7. The van der Waals surface area contributed by atoms with Crippen LogP contribution in [0.4, 0.5) is 0 Å². The van der Waals surface area contributed by atoms with Crippen molar-refractivity contribution in [3.05, 3.63) is 35.9 Å². The molecule has 0 aliphatic carbocycles. The number of benzene rings is 1. The van der Waals surface area contributed by atoms with Gasteiger partial charge in [0.15, 0.2) is 0 Å². The Hall–Kier alpha value is -0.860. The fraction of sp³-hybridized carbons (Fsp3) is 0.647. The molecule has 1 N–H and O–H groups in total. The highest BCUT2D eigenvalue weighted by molar-refractivity contribution is 5.19. The summed E-state index contributed by atoms with van der Waals surface area (Å²) in [7, 11) is 0. The van der Waals surface area contributed by atoms with Gasteiger partial charge in [0.25, 0.3) is 0 Å². The quantitative estimate of drug-likeness (QED) is 0.648. The van der Waals surface area contributed by atoms with Gasteiger partial charge in [0.2, 0.25) is 0 Å². The molecule has 2 nitrogen and oxygen atoms in total. The molecule has 0 aromatic heterocycles. The topological polar surface area (TPSA) is 21.3 Å². The van der Waals surface area contributed by atoms with E-state index < -0.39 is 0 Å². The minimum atomic E-state index is 0.598. The molecule has 108 valence electrons. The molecule has 1 unspecified atom stereocenters. The highest BCUT2D eigenvalue weighted by atomic mass is 16.5. The van der Waals surface area contributed by atoms with Gasteiger partial charge in [0.1, 0.15) is 0 Å². The summed E-state index contributed by atoms with van der Waals surface area (Å²) in [6.45, 7) is 10.4. The first-order chi connectivity index (χ1) is 9.24. The molecule has 0 radical (unpaired) electrons. The van der Waals surface area contributed by atoms with Crippen molar-refractivity contribution in [3.8, 4) is 0 Å². The lowest BCUT2D eigenvalue weighted by molar-refractivity contribution is 0.141. The van der Waals surface area contributed by atoms with E-state index in [1.54, 1.807) is 0 Å². The molecule has 2 heteroatoms. The van der Waals surface area contributed by atoms with Crippen molar-refractivity contribution in [2.24, 2.45) is 5.92 Å². The van der Waals surface area contributed by atoms with Crippen molar-refractivity contribution in [1.82, 2.24) is 5.32 Å². The predicted octanol–water partition coefficient (Wildman–Crippen LogP) is 3.83. The molecule has 0 spiro atoms. The third-order valence-electron chi connectivity index (χ3n) is 3.26. The number of hydrogen-bond donors (Lipinski definition) is 1. The van der Waals surface area contributed by atoms with Crippen LogP contribution in [-0.2, 0) is 4.74 Å². The van der Waals surface area contributed by atoms with E-state index in [1.807, 2.05) is 0 Å². The Bertz CT molecular complexity index is 310. The van der Waals surface area contributed by atoms with Gasteiger partial charge in [-0.25, -0.2) is 0 Å². The Morgan fingerprint density at radius 1 is 1.11 bits per heavy atom. The molecule has 0 saturated heterocycles. The van der Waals surface area contributed by atoms with E-state index in [-0.39, 0.29) is 0 Å². The van der Waals surface area contributed by atoms with E-state index in [1.165, 1.54) is 12.0 Å². The summed E-state index contributed by atoms with van der Waals surface area (Å²) >= 11 is 0. The van der Waals surface area contributed by atoms with Gasteiger partial charge in [-0.2, -0.15) is 0 Å². The Morgan fingerprint density at radius 3 is 2.47 bits per heavy atom. The molecule has 1 aromatic carbocycles. The van der Waals surface area contributed by atoms with Gasteiger partial charge >= 0.3 is 0 Å². The molecule has 0 fully saturated rings. The fourth-order valence-electron chi connectivity index (χ4n) is 2.23. The van der Waals surface area contributed by atoms with Gasteiger partial charge < -0.3 is 10.1 Å². The van der Waals surface area contributed by atoms with E-state index in [2.05, 4.69) is 56.4 Å². The lowest BCUT2D eigenvalue weighted by Gasteiger charge is -2.19. The Morgan fingerprint density at radius 2 is 1.84 bits per heavy atom. The molecule has 0 aliphatic rings. The minimum absolute atomic E-state index is 0.598. The van der Waals surface area contributed by atoms with Gasteiger partial charge in [-0.15, -0.1) is 0 Å². The van der Waals surface area contributed by atoms with Crippen LogP contribution in [0.15, 0.2) is 30.3 Å². The predicted molar refractivity (Wildman–Crippen MR) is 82.6 cm³/mol. The summed E-state index contributed by atoms with van der Waals surface area (Å²) in [5.41, 5.74) is 1.44. The molecule has 1 atom stereocenters. The Labute approximate surface area is 118 Å². The van der Waals surface area contributed by atoms with Crippen molar-refractivity contribution >= 4 is 0 Å². The van der Waals surface area contributed by atoms with Crippen molar-refractivity contribution in [2.45, 2.75) is 39.5 Å². The lowest BCUT2D eigenvalue weighted by Crippen LogP contribution is -2.25. The second-order valence-corrected chi connectivity index (χ2v) is 5.50. The minimum Gasteiger partial charge on any atom is -0.382 e. The van der Waals surface area contributed by atoms with Crippen LogP contribution in [0.3, 0.4) is 0 Å². The molecule has 1 aromatic rings. The van der Waals surface area contributed by atoms with Gasteiger partial charge in [0.05, 0.1) is 0 Å². The third kappa shape index (κ3) is 7.34. The second-order valence-electron chi connectivity index (χ2n) is 5.50. The molecule has 0 heterocycles. The van der Waals surface area contributed by atoms with Gasteiger partial charge in [-0.1, -0.05) is 44.2 Å².